The van der Waals surface area contributed by atoms with E-state index in [0.29, 0.717) is 6.04 Å². The molecule has 0 aliphatic carbocycles. The van der Waals surface area contributed by atoms with E-state index in [1.54, 1.807) is 0 Å². The molecule has 1 aliphatic heterocycles. The Morgan fingerprint density at radius 3 is 2.78 bits per heavy atom. The van der Waals surface area contributed by atoms with E-state index in [1.165, 1.54) is 16.6 Å². The van der Waals surface area contributed by atoms with Crippen LogP contribution in [0.25, 0.3) is 10.9 Å². The third-order valence-electron chi connectivity index (χ3n) is 3.83. The first-order chi connectivity index (χ1) is 8.75. The van der Waals surface area contributed by atoms with Crippen molar-refractivity contribution < 1.29 is 0 Å². The first-order valence-corrected chi connectivity index (χ1v) is 6.60. The van der Waals surface area contributed by atoms with Gasteiger partial charge in [-0.05, 0) is 43.5 Å². The third-order valence-corrected chi connectivity index (χ3v) is 3.83. The molecule has 0 atom stereocenters. The Balaban J connectivity index is 2.06. The number of piperidine rings is 1. The van der Waals surface area contributed by atoms with Gasteiger partial charge in [0.2, 0.25) is 0 Å². The number of hydrogen-bond donors (Lipinski definition) is 1. The number of aryl methyl sites for hydroxylation is 1. The molecule has 3 heteroatoms. The summed E-state index contributed by atoms with van der Waals surface area (Å²) in [6.07, 6.45) is 4.04. The van der Waals surface area contributed by atoms with Crippen molar-refractivity contribution in [1.82, 2.24) is 4.98 Å². The maximum atomic E-state index is 5.98. The van der Waals surface area contributed by atoms with Crippen LogP contribution in [0.1, 0.15) is 18.4 Å². The molecule has 3 nitrogen and oxygen atoms in total. The molecular formula is C15H19N3. The molecule has 0 radical (unpaired) electrons. The Kier molecular flexibility index (Phi) is 2.92. The third kappa shape index (κ3) is 1.95. The first-order valence-electron chi connectivity index (χ1n) is 6.60. The van der Waals surface area contributed by atoms with Crippen molar-refractivity contribution in [3.05, 3.63) is 36.0 Å². The van der Waals surface area contributed by atoms with E-state index in [4.69, 9.17) is 5.73 Å². The van der Waals surface area contributed by atoms with Crippen molar-refractivity contribution in [2.45, 2.75) is 25.8 Å². The molecule has 1 aliphatic rings. The van der Waals surface area contributed by atoms with Crippen LogP contribution in [0.4, 0.5) is 5.69 Å². The van der Waals surface area contributed by atoms with E-state index in [0.717, 1.165) is 31.4 Å². The summed E-state index contributed by atoms with van der Waals surface area (Å²) >= 11 is 0. The van der Waals surface area contributed by atoms with Crippen molar-refractivity contribution in [2.24, 2.45) is 5.73 Å². The zero-order valence-electron chi connectivity index (χ0n) is 10.8. The molecule has 0 saturated carbocycles. The average Bonchev–Trinajstić information content (AvgIpc) is 2.39. The second kappa shape index (κ2) is 4.58. The number of pyridine rings is 1. The van der Waals surface area contributed by atoms with Gasteiger partial charge in [0, 0.05) is 36.4 Å². The predicted molar refractivity (Wildman–Crippen MR) is 75.9 cm³/mol. The fourth-order valence-electron chi connectivity index (χ4n) is 2.76. The minimum atomic E-state index is 0.371. The van der Waals surface area contributed by atoms with Crippen LogP contribution in [-0.2, 0) is 0 Å². The summed E-state index contributed by atoms with van der Waals surface area (Å²) in [4.78, 5) is 6.91. The fourth-order valence-corrected chi connectivity index (χ4v) is 2.76. The van der Waals surface area contributed by atoms with Gasteiger partial charge in [0.25, 0.3) is 0 Å². The van der Waals surface area contributed by atoms with Crippen molar-refractivity contribution >= 4 is 16.6 Å². The van der Waals surface area contributed by atoms with E-state index >= 15 is 0 Å². The zero-order valence-corrected chi connectivity index (χ0v) is 10.8. The molecule has 2 N–H and O–H groups in total. The Hall–Kier alpha value is -1.61. The monoisotopic (exact) mass is 241 g/mol. The summed E-state index contributed by atoms with van der Waals surface area (Å²) in [6.45, 7) is 4.26. The summed E-state index contributed by atoms with van der Waals surface area (Å²) in [6, 6.07) is 8.84. The lowest BCUT2D eigenvalue weighted by atomic mass is 10.0. The molecule has 1 aromatic heterocycles. The van der Waals surface area contributed by atoms with Gasteiger partial charge in [-0.25, -0.2) is 0 Å². The maximum absolute atomic E-state index is 5.98. The van der Waals surface area contributed by atoms with Gasteiger partial charge in [0.05, 0.1) is 5.52 Å². The minimum Gasteiger partial charge on any atom is -0.371 e. The lowest BCUT2D eigenvalue weighted by Crippen LogP contribution is -2.39. The highest BCUT2D eigenvalue weighted by atomic mass is 15.1. The zero-order chi connectivity index (χ0) is 12.5. The second-order valence-corrected chi connectivity index (χ2v) is 5.12. The van der Waals surface area contributed by atoms with Crippen LogP contribution in [0.5, 0.6) is 0 Å². The van der Waals surface area contributed by atoms with Crippen molar-refractivity contribution in [3.8, 4) is 0 Å². The smallest absolute Gasteiger partial charge is 0.0725 e. The average molecular weight is 241 g/mol. The summed E-state index contributed by atoms with van der Waals surface area (Å²) in [5, 5.41) is 1.29. The molecule has 18 heavy (non-hydrogen) atoms. The number of benzene rings is 1. The van der Waals surface area contributed by atoms with Crippen LogP contribution in [0.15, 0.2) is 30.5 Å². The Morgan fingerprint density at radius 2 is 2.00 bits per heavy atom. The van der Waals surface area contributed by atoms with Crippen LogP contribution in [0.3, 0.4) is 0 Å². The van der Waals surface area contributed by atoms with E-state index < -0.39 is 0 Å². The molecule has 0 bridgehead atoms. The minimum absolute atomic E-state index is 0.371. The summed E-state index contributed by atoms with van der Waals surface area (Å²) in [5.74, 6) is 0. The lowest BCUT2D eigenvalue weighted by Gasteiger charge is -2.33. The molecule has 1 fully saturated rings. The Bertz CT molecular complexity index is 551. The van der Waals surface area contributed by atoms with Gasteiger partial charge >= 0.3 is 0 Å². The number of nitrogens with zero attached hydrogens (tertiary/aromatic N) is 2. The number of anilines is 1. The normalized spacial score (nSPS) is 17.3. The number of aromatic nitrogens is 1. The van der Waals surface area contributed by atoms with Gasteiger partial charge < -0.3 is 10.6 Å². The highest BCUT2D eigenvalue weighted by Gasteiger charge is 2.18. The van der Waals surface area contributed by atoms with Gasteiger partial charge in [-0.15, -0.1) is 0 Å². The summed E-state index contributed by atoms with van der Waals surface area (Å²) in [7, 11) is 0. The molecule has 3 rings (SSSR count). The van der Waals surface area contributed by atoms with Crippen molar-refractivity contribution in [1.29, 1.82) is 0 Å². The highest BCUT2D eigenvalue weighted by Crippen LogP contribution is 2.30. The maximum Gasteiger partial charge on any atom is 0.0725 e. The molecule has 1 aromatic carbocycles. The summed E-state index contributed by atoms with van der Waals surface area (Å²) < 4.78 is 0. The van der Waals surface area contributed by atoms with Crippen LogP contribution in [0.2, 0.25) is 0 Å². The Morgan fingerprint density at radius 1 is 1.22 bits per heavy atom. The highest BCUT2D eigenvalue weighted by molar-refractivity contribution is 5.94. The number of nitrogens with two attached hydrogens (primary N) is 1. The van der Waals surface area contributed by atoms with Crippen LogP contribution in [-0.4, -0.2) is 24.1 Å². The van der Waals surface area contributed by atoms with Crippen LogP contribution >= 0.6 is 0 Å². The molecule has 0 unspecified atom stereocenters. The Labute approximate surface area is 108 Å². The molecule has 0 amide bonds. The molecule has 1 saturated heterocycles. The standard InChI is InChI=1S/C15H19N3/c1-11-5-8-17-13-3-2-4-14(15(11)13)18-9-6-12(16)7-10-18/h2-5,8,12H,6-7,9-10,16H2,1H3. The molecular weight excluding hydrogens is 222 g/mol. The molecule has 94 valence electrons. The SMILES string of the molecule is Cc1ccnc2cccc(N3CCC(N)CC3)c12. The van der Waals surface area contributed by atoms with Gasteiger partial charge in [0.15, 0.2) is 0 Å². The van der Waals surface area contributed by atoms with E-state index in [-0.39, 0.29) is 0 Å². The quantitative estimate of drug-likeness (QED) is 0.834. The number of hydrogen-bond acceptors (Lipinski definition) is 3. The largest absolute Gasteiger partial charge is 0.371 e. The number of rotatable bonds is 1. The van der Waals surface area contributed by atoms with E-state index in [9.17, 15) is 0 Å². The van der Waals surface area contributed by atoms with Crippen LogP contribution in [0, 0.1) is 6.92 Å². The van der Waals surface area contributed by atoms with E-state index in [1.807, 2.05) is 6.20 Å². The van der Waals surface area contributed by atoms with Gasteiger partial charge in [-0.2, -0.15) is 0 Å². The second-order valence-electron chi connectivity index (χ2n) is 5.12. The number of fused-ring (bicyclic) bond motifs is 1. The molecule has 2 aromatic rings. The first kappa shape index (κ1) is 11.5. The topological polar surface area (TPSA) is 42.2 Å². The molecule has 2 heterocycles. The predicted octanol–water partition coefficient (Wildman–Crippen LogP) is 2.47. The fraction of sp³-hybridized carbons (Fsp3) is 0.400. The van der Waals surface area contributed by atoms with Crippen molar-refractivity contribution in [2.75, 3.05) is 18.0 Å². The van der Waals surface area contributed by atoms with Gasteiger partial charge in [0.1, 0.15) is 0 Å². The molecule has 0 spiro atoms. The van der Waals surface area contributed by atoms with Gasteiger partial charge in [-0.1, -0.05) is 6.07 Å². The summed E-state index contributed by atoms with van der Waals surface area (Å²) in [5.41, 5.74) is 9.67. The van der Waals surface area contributed by atoms with Crippen LogP contribution < -0.4 is 10.6 Å². The van der Waals surface area contributed by atoms with E-state index in [2.05, 4.69) is 41.1 Å². The lowest BCUT2D eigenvalue weighted by molar-refractivity contribution is 0.502. The van der Waals surface area contributed by atoms with Crippen molar-refractivity contribution in [3.63, 3.8) is 0 Å². The van der Waals surface area contributed by atoms with Gasteiger partial charge in [-0.3, -0.25) is 4.98 Å².